The maximum absolute atomic E-state index is 6.11. The smallest absolute Gasteiger partial charge is 0.161 e. The van der Waals surface area contributed by atoms with Gasteiger partial charge in [-0.3, -0.25) is 4.68 Å². The minimum atomic E-state index is 0.425. The maximum Gasteiger partial charge on any atom is 0.161 e. The molecule has 2 aromatic heterocycles. The second kappa shape index (κ2) is 5.06. The minimum absolute atomic E-state index is 0.425. The van der Waals surface area contributed by atoms with Gasteiger partial charge >= 0.3 is 0 Å². The van der Waals surface area contributed by atoms with Gasteiger partial charge in [0.05, 0.1) is 11.9 Å². The Labute approximate surface area is 122 Å². The van der Waals surface area contributed by atoms with E-state index in [1.165, 1.54) is 5.56 Å². The average molecular weight is 285 g/mol. The summed E-state index contributed by atoms with van der Waals surface area (Å²) in [4.78, 5) is 8.86. The van der Waals surface area contributed by atoms with Crippen LogP contribution in [0.15, 0.2) is 42.7 Å². The van der Waals surface area contributed by atoms with Crippen molar-refractivity contribution >= 4 is 11.6 Å². The van der Waals surface area contributed by atoms with Crippen molar-refractivity contribution in [3.8, 4) is 22.6 Å². The van der Waals surface area contributed by atoms with Crippen LogP contribution in [0, 0.1) is 6.92 Å². The monoisotopic (exact) mass is 284 g/mol. The molecule has 100 valence electrons. The first-order valence-corrected chi connectivity index (χ1v) is 6.60. The highest BCUT2D eigenvalue weighted by Crippen LogP contribution is 2.24. The topological polar surface area (TPSA) is 43.6 Å². The summed E-state index contributed by atoms with van der Waals surface area (Å²) in [7, 11) is 1.87. The molecule has 0 aliphatic carbocycles. The van der Waals surface area contributed by atoms with Gasteiger partial charge in [0.2, 0.25) is 0 Å². The Kier molecular flexibility index (Phi) is 3.24. The number of hydrogen-bond acceptors (Lipinski definition) is 3. The highest BCUT2D eigenvalue weighted by molar-refractivity contribution is 6.29. The Bertz CT molecular complexity index is 747. The van der Waals surface area contributed by atoms with E-state index in [9.17, 15) is 0 Å². The summed E-state index contributed by atoms with van der Waals surface area (Å²) < 4.78 is 1.73. The molecule has 0 N–H and O–H groups in total. The van der Waals surface area contributed by atoms with Gasteiger partial charge in [0.1, 0.15) is 5.15 Å². The normalized spacial score (nSPS) is 10.8. The van der Waals surface area contributed by atoms with E-state index in [1.54, 1.807) is 16.9 Å². The molecular weight excluding hydrogens is 272 g/mol. The van der Waals surface area contributed by atoms with E-state index in [2.05, 4.69) is 15.1 Å². The van der Waals surface area contributed by atoms with E-state index in [1.807, 2.05) is 44.4 Å². The van der Waals surface area contributed by atoms with Gasteiger partial charge in [0.25, 0.3) is 0 Å². The van der Waals surface area contributed by atoms with E-state index in [-0.39, 0.29) is 0 Å². The molecule has 0 spiro atoms. The molecule has 0 amide bonds. The summed E-state index contributed by atoms with van der Waals surface area (Å²) in [5.41, 5.74) is 3.84. The Morgan fingerprint density at radius 2 is 1.80 bits per heavy atom. The summed E-state index contributed by atoms with van der Waals surface area (Å²) in [6.45, 7) is 2.05. The number of benzene rings is 1. The van der Waals surface area contributed by atoms with Crippen molar-refractivity contribution in [2.24, 2.45) is 7.05 Å². The van der Waals surface area contributed by atoms with E-state index in [4.69, 9.17) is 11.6 Å². The SMILES string of the molecule is Cc1ccc(-c2nc(Cl)cc(-c3cnn(C)c3)n2)cc1. The standard InChI is InChI=1S/C15H13ClN4/c1-10-3-5-11(6-4-10)15-18-13(7-14(16)19-15)12-8-17-20(2)9-12/h3-9H,1-2H3. The molecular formula is C15H13ClN4. The van der Waals surface area contributed by atoms with Gasteiger partial charge in [-0.05, 0) is 6.92 Å². The number of hydrogen-bond donors (Lipinski definition) is 0. The minimum Gasteiger partial charge on any atom is -0.275 e. The fraction of sp³-hybridized carbons (Fsp3) is 0.133. The summed E-state index contributed by atoms with van der Waals surface area (Å²) in [5.74, 6) is 0.622. The van der Waals surface area contributed by atoms with Crippen LogP contribution >= 0.6 is 11.6 Å². The lowest BCUT2D eigenvalue weighted by atomic mass is 10.1. The largest absolute Gasteiger partial charge is 0.275 e. The predicted molar refractivity (Wildman–Crippen MR) is 79.4 cm³/mol. The molecule has 3 aromatic rings. The zero-order chi connectivity index (χ0) is 14.1. The number of halogens is 1. The van der Waals surface area contributed by atoms with Crippen molar-refractivity contribution in [1.29, 1.82) is 0 Å². The molecule has 5 heteroatoms. The van der Waals surface area contributed by atoms with E-state index < -0.39 is 0 Å². The van der Waals surface area contributed by atoms with E-state index in [0.717, 1.165) is 16.8 Å². The molecule has 0 saturated carbocycles. The second-order valence-electron chi connectivity index (χ2n) is 4.67. The van der Waals surface area contributed by atoms with Crippen LogP contribution < -0.4 is 0 Å². The first-order chi connectivity index (χ1) is 9.61. The quantitative estimate of drug-likeness (QED) is 0.677. The third kappa shape index (κ3) is 2.56. The molecule has 2 heterocycles. The second-order valence-corrected chi connectivity index (χ2v) is 5.06. The highest BCUT2D eigenvalue weighted by atomic mass is 35.5. The number of aromatic nitrogens is 4. The molecule has 4 nitrogen and oxygen atoms in total. The van der Waals surface area contributed by atoms with Gasteiger partial charge < -0.3 is 0 Å². The fourth-order valence-corrected chi connectivity index (χ4v) is 2.13. The molecule has 0 radical (unpaired) electrons. The van der Waals surface area contributed by atoms with Crippen LogP contribution in [0.3, 0.4) is 0 Å². The highest BCUT2D eigenvalue weighted by Gasteiger charge is 2.09. The number of nitrogens with zero attached hydrogens (tertiary/aromatic N) is 4. The van der Waals surface area contributed by atoms with Crippen LogP contribution in [0.4, 0.5) is 0 Å². The summed E-state index contributed by atoms with van der Waals surface area (Å²) in [6, 6.07) is 9.80. The molecule has 0 aliphatic rings. The summed E-state index contributed by atoms with van der Waals surface area (Å²) in [5, 5.41) is 4.58. The first-order valence-electron chi connectivity index (χ1n) is 6.22. The van der Waals surface area contributed by atoms with Crippen LogP contribution in [-0.2, 0) is 7.05 Å². The van der Waals surface area contributed by atoms with Gasteiger partial charge in [0.15, 0.2) is 5.82 Å². The predicted octanol–water partition coefficient (Wildman–Crippen LogP) is 3.51. The van der Waals surface area contributed by atoms with Crippen molar-refractivity contribution in [3.05, 3.63) is 53.4 Å². The van der Waals surface area contributed by atoms with Gasteiger partial charge in [-0.25, -0.2) is 9.97 Å². The molecule has 20 heavy (non-hydrogen) atoms. The molecule has 1 aromatic carbocycles. The van der Waals surface area contributed by atoms with Crippen molar-refractivity contribution in [1.82, 2.24) is 19.7 Å². The zero-order valence-electron chi connectivity index (χ0n) is 11.2. The maximum atomic E-state index is 6.11. The molecule has 3 rings (SSSR count). The third-order valence-electron chi connectivity index (χ3n) is 3.01. The molecule has 0 aliphatic heterocycles. The molecule has 0 fully saturated rings. The van der Waals surface area contributed by atoms with Crippen molar-refractivity contribution < 1.29 is 0 Å². The molecule has 0 unspecified atom stereocenters. The summed E-state index contributed by atoms with van der Waals surface area (Å²) in [6.07, 6.45) is 3.66. The van der Waals surface area contributed by atoms with Gasteiger partial charge in [-0.15, -0.1) is 0 Å². The summed E-state index contributed by atoms with van der Waals surface area (Å²) >= 11 is 6.11. The lowest BCUT2D eigenvalue weighted by Crippen LogP contribution is -1.92. The lowest BCUT2D eigenvalue weighted by Gasteiger charge is -2.04. The average Bonchev–Trinajstić information content (AvgIpc) is 2.85. The van der Waals surface area contributed by atoms with Crippen molar-refractivity contribution in [2.75, 3.05) is 0 Å². The molecule has 0 bridgehead atoms. The Balaban J connectivity index is 2.09. The Hall–Kier alpha value is -2.20. The Morgan fingerprint density at radius 3 is 2.45 bits per heavy atom. The fourth-order valence-electron chi connectivity index (χ4n) is 1.95. The van der Waals surface area contributed by atoms with Crippen LogP contribution in [0.2, 0.25) is 5.15 Å². The molecule has 0 atom stereocenters. The van der Waals surface area contributed by atoms with Gasteiger partial charge in [-0.2, -0.15) is 5.10 Å². The van der Waals surface area contributed by atoms with Crippen LogP contribution in [0.1, 0.15) is 5.56 Å². The number of rotatable bonds is 2. The molecule has 0 saturated heterocycles. The van der Waals surface area contributed by atoms with Crippen LogP contribution in [-0.4, -0.2) is 19.7 Å². The number of aryl methyl sites for hydroxylation is 2. The Morgan fingerprint density at radius 1 is 1.05 bits per heavy atom. The van der Waals surface area contributed by atoms with Crippen molar-refractivity contribution in [2.45, 2.75) is 6.92 Å². The van der Waals surface area contributed by atoms with Crippen LogP contribution in [0.5, 0.6) is 0 Å². The third-order valence-corrected chi connectivity index (χ3v) is 3.20. The zero-order valence-corrected chi connectivity index (χ0v) is 12.0. The lowest BCUT2D eigenvalue weighted by molar-refractivity contribution is 0.768. The van der Waals surface area contributed by atoms with Gasteiger partial charge in [-0.1, -0.05) is 41.4 Å². The van der Waals surface area contributed by atoms with Crippen molar-refractivity contribution in [3.63, 3.8) is 0 Å². The van der Waals surface area contributed by atoms with E-state index >= 15 is 0 Å². The van der Waals surface area contributed by atoms with E-state index in [0.29, 0.717) is 11.0 Å². The van der Waals surface area contributed by atoms with Gasteiger partial charge in [0, 0.05) is 30.4 Å². The first kappa shape index (κ1) is 12.8. The van der Waals surface area contributed by atoms with Crippen LogP contribution in [0.25, 0.3) is 22.6 Å².